The molecule has 0 fully saturated rings. The van der Waals surface area contributed by atoms with Gasteiger partial charge in [0.1, 0.15) is 5.75 Å². The summed E-state index contributed by atoms with van der Waals surface area (Å²) >= 11 is 1.72. The van der Waals surface area contributed by atoms with E-state index in [1.54, 1.807) is 36.6 Å². The molecule has 1 aromatic heterocycles. The van der Waals surface area contributed by atoms with Gasteiger partial charge in [0.2, 0.25) is 0 Å². The molecule has 0 saturated carbocycles. The van der Waals surface area contributed by atoms with Crippen LogP contribution in [0.5, 0.6) is 5.75 Å². The average Bonchev–Trinajstić information content (AvgIpc) is 2.98. The number of hydrogen-bond donors (Lipinski definition) is 2. The molecule has 0 aliphatic heterocycles. The van der Waals surface area contributed by atoms with Crippen LogP contribution >= 0.6 is 11.3 Å². The van der Waals surface area contributed by atoms with Gasteiger partial charge in [0.25, 0.3) is 0 Å². The van der Waals surface area contributed by atoms with E-state index in [-0.39, 0.29) is 5.75 Å². The Hall–Kier alpha value is -2.22. The Morgan fingerprint density at radius 3 is 2.73 bits per heavy atom. The number of nitrogens with zero attached hydrogens (tertiary/aromatic N) is 2. The number of nitrogens with one attached hydrogen (secondary N) is 2. The Morgan fingerprint density at radius 2 is 2.08 bits per heavy atom. The quantitative estimate of drug-likeness (QED) is 0.542. The number of hydrogen-bond acceptors (Lipinski definition) is 4. The van der Waals surface area contributed by atoms with E-state index in [0.717, 1.165) is 23.5 Å². The summed E-state index contributed by atoms with van der Waals surface area (Å²) in [7, 11) is 1.67. The standard InChI is InChI=1S/C18H24F2N4OS/c1-4-14-12(2)26-16(24-14)9-10-22-18(21-3)23-11-13-7-5-6-8-15(13)25-17(19)20/h5-8,17H,4,9-11H2,1-3H3,(H2,21,22,23). The molecule has 0 amide bonds. The highest BCUT2D eigenvalue weighted by molar-refractivity contribution is 7.11. The van der Waals surface area contributed by atoms with E-state index in [9.17, 15) is 8.78 Å². The number of benzene rings is 1. The van der Waals surface area contributed by atoms with Crippen LogP contribution in [0.1, 0.15) is 28.1 Å². The fourth-order valence-electron chi connectivity index (χ4n) is 2.47. The Kier molecular flexibility index (Phi) is 7.77. The van der Waals surface area contributed by atoms with Crippen molar-refractivity contribution in [2.45, 2.75) is 39.8 Å². The number of aliphatic imine (C=N–C) groups is 1. The number of alkyl halides is 2. The molecule has 0 bridgehead atoms. The summed E-state index contributed by atoms with van der Waals surface area (Å²) in [4.78, 5) is 10.0. The largest absolute Gasteiger partial charge is 0.434 e. The minimum Gasteiger partial charge on any atom is -0.434 e. The molecular formula is C18H24F2N4OS. The average molecular weight is 382 g/mol. The van der Waals surface area contributed by atoms with Crippen molar-refractivity contribution >= 4 is 17.3 Å². The van der Waals surface area contributed by atoms with Crippen LogP contribution < -0.4 is 15.4 Å². The molecule has 0 spiro atoms. The maximum absolute atomic E-state index is 12.5. The minimum absolute atomic E-state index is 0.163. The lowest BCUT2D eigenvalue weighted by molar-refractivity contribution is -0.0504. The molecule has 0 saturated heterocycles. The Morgan fingerprint density at radius 1 is 1.31 bits per heavy atom. The van der Waals surface area contributed by atoms with Gasteiger partial charge in [-0.15, -0.1) is 11.3 Å². The van der Waals surface area contributed by atoms with Gasteiger partial charge in [-0.3, -0.25) is 4.99 Å². The number of aromatic nitrogens is 1. The summed E-state index contributed by atoms with van der Waals surface area (Å²) in [5.41, 5.74) is 1.79. The van der Waals surface area contributed by atoms with Crippen LogP contribution in [0.4, 0.5) is 8.78 Å². The second kappa shape index (κ2) is 10.1. The van der Waals surface area contributed by atoms with E-state index in [1.807, 2.05) is 0 Å². The first-order valence-electron chi connectivity index (χ1n) is 8.45. The number of ether oxygens (including phenoxy) is 1. The summed E-state index contributed by atoms with van der Waals surface area (Å²) in [5, 5.41) is 7.42. The van der Waals surface area contributed by atoms with Crippen molar-refractivity contribution in [3.63, 3.8) is 0 Å². The van der Waals surface area contributed by atoms with Crippen molar-refractivity contribution in [1.82, 2.24) is 15.6 Å². The van der Waals surface area contributed by atoms with Gasteiger partial charge in [-0.2, -0.15) is 8.78 Å². The topological polar surface area (TPSA) is 58.5 Å². The zero-order chi connectivity index (χ0) is 18.9. The predicted octanol–water partition coefficient (Wildman–Crippen LogP) is 3.52. The third-order valence-electron chi connectivity index (χ3n) is 3.76. The van der Waals surface area contributed by atoms with Gasteiger partial charge in [-0.25, -0.2) is 4.98 Å². The lowest BCUT2D eigenvalue weighted by Crippen LogP contribution is -2.37. The van der Waals surface area contributed by atoms with Crippen molar-refractivity contribution in [1.29, 1.82) is 0 Å². The molecular weight excluding hydrogens is 358 g/mol. The van der Waals surface area contributed by atoms with Gasteiger partial charge >= 0.3 is 6.61 Å². The van der Waals surface area contributed by atoms with E-state index < -0.39 is 6.61 Å². The van der Waals surface area contributed by atoms with Crippen LogP contribution in [0.2, 0.25) is 0 Å². The lowest BCUT2D eigenvalue weighted by atomic mass is 10.2. The van der Waals surface area contributed by atoms with E-state index >= 15 is 0 Å². The molecule has 0 aliphatic carbocycles. The molecule has 5 nitrogen and oxygen atoms in total. The van der Waals surface area contributed by atoms with Crippen molar-refractivity contribution < 1.29 is 13.5 Å². The summed E-state index contributed by atoms with van der Waals surface area (Å²) in [6.07, 6.45) is 1.75. The van der Waals surface area contributed by atoms with Gasteiger partial charge < -0.3 is 15.4 Å². The summed E-state index contributed by atoms with van der Waals surface area (Å²) in [6.45, 7) is 2.37. The maximum Gasteiger partial charge on any atom is 0.387 e. The molecule has 2 N–H and O–H groups in total. The normalized spacial score (nSPS) is 11.7. The highest BCUT2D eigenvalue weighted by atomic mass is 32.1. The Bertz CT molecular complexity index is 734. The van der Waals surface area contributed by atoms with Crippen LogP contribution in [0.3, 0.4) is 0 Å². The number of aryl methyl sites for hydroxylation is 2. The van der Waals surface area contributed by atoms with Crippen molar-refractivity contribution in [2.75, 3.05) is 13.6 Å². The van der Waals surface area contributed by atoms with Gasteiger partial charge in [0, 0.05) is 37.0 Å². The van der Waals surface area contributed by atoms with E-state index in [2.05, 4.69) is 39.2 Å². The first-order valence-corrected chi connectivity index (χ1v) is 9.27. The van der Waals surface area contributed by atoms with Crippen molar-refractivity contribution in [3.05, 3.63) is 45.4 Å². The highest BCUT2D eigenvalue weighted by Gasteiger charge is 2.10. The second-order valence-corrected chi connectivity index (χ2v) is 6.84. The SMILES string of the molecule is CCc1nc(CCNC(=NC)NCc2ccccc2OC(F)F)sc1C. The Balaban J connectivity index is 1.84. The van der Waals surface area contributed by atoms with Crippen LogP contribution in [0.25, 0.3) is 0 Å². The number of thiazole rings is 1. The summed E-state index contributed by atoms with van der Waals surface area (Å²) in [5.74, 6) is 0.761. The highest BCUT2D eigenvalue weighted by Crippen LogP contribution is 2.20. The van der Waals surface area contributed by atoms with Gasteiger partial charge in [0.05, 0.1) is 10.7 Å². The number of para-hydroxylation sites is 1. The zero-order valence-corrected chi connectivity index (χ0v) is 16.0. The predicted molar refractivity (Wildman–Crippen MR) is 101 cm³/mol. The Labute approximate surface area is 156 Å². The molecule has 8 heteroatoms. The fourth-order valence-corrected chi connectivity index (χ4v) is 3.49. The first-order chi connectivity index (χ1) is 12.5. The molecule has 2 rings (SSSR count). The smallest absolute Gasteiger partial charge is 0.387 e. The second-order valence-electron chi connectivity index (χ2n) is 5.55. The van der Waals surface area contributed by atoms with E-state index in [1.165, 1.54) is 10.9 Å². The third-order valence-corrected chi connectivity index (χ3v) is 4.83. The van der Waals surface area contributed by atoms with Crippen LogP contribution in [0.15, 0.2) is 29.3 Å². The van der Waals surface area contributed by atoms with Gasteiger partial charge in [-0.1, -0.05) is 25.1 Å². The van der Waals surface area contributed by atoms with Gasteiger partial charge in [-0.05, 0) is 19.4 Å². The number of rotatable bonds is 8. The van der Waals surface area contributed by atoms with Gasteiger partial charge in [0.15, 0.2) is 5.96 Å². The van der Waals surface area contributed by atoms with Crippen molar-refractivity contribution in [2.24, 2.45) is 4.99 Å². The third kappa shape index (κ3) is 5.94. The lowest BCUT2D eigenvalue weighted by Gasteiger charge is -2.14. The van der Waals surface area contributed by atoms with E-state index in [4.69, 9.17) is 0 Å². The molecule has 26 heavy (non-hydrogen) atoms. The molecule has 1 heterocycles. The first kappa shape index (κ1) is 20.1. The molecule has 2 aromatic rings. The summed E-state index contributed by atoms with van der Waals surface area (Å²) in [6, 6.07) is 6.70. The molecule has 142 valence electrons. The van der Waals surface area contributed by atoms with Crippen LogP contribution in [0, 0.1) is 6.92 Å². The fraction of sp³-hybridized carbons (Fsp3) is 0.444. The van der Waals surface area contributed by atoms with E-state index in [0.29, 0.717) is 24.6 Å². The molecule has 0 atom stereocenters. The zero-order valence-electron chi connectivity index (χ0n) is 15.2. The molecule has 0 unspecified atom stereocenters. The summed E-state index contributed by atoms with van der Waals surface area (Å²) < 4.78 is 29.5. The molecule has 1 aromatic carbocycles. The number of guanidine groups is 1. The monoisotopic (exact) mass is 382 g/mol. The number of halogens is 2. The minimum atomic E-state index is -2.84. The van der Waals surface area contributed by atoms with Crippen molar-refractivity contribution in [3.8, 4) is 5.75 Å². The molecule has 0 radical (unpaired) electrons. The molecule has 0 aliphatic rings. The van der Waals surface area contributed by atoms with Crippen LogP contribution in [-0.2, 0) is 19.4 Å². The maximum atomic E-state index is 12.5. The van der Waals surface area contributed by atoms with Crippen LogP contribution in [-0.4, -0.2) is 31.1 Å².